The van der Waals surface area contributed by atoms with E-state index in [2.05, 4.69) is 25.3 Å². The first kappa shape index (κ1) is 20.8. The lowest BCUT2D eigenvalue weighted by Gasteiger charge is -2.08. The van der Waals surface area contributed by atoms with Gasteiger partial charge in [-0.3, -0.25) is 9.89 Å². The Morgan fingerprint density at radius 3 is 2.50 bits per heavy atom. The molecule has 8 nitrogen and oxygen atoms in total. The number of thiazole rings is 2. The molecule has 0 saturated carbocycles. The maximum absolute atomic E-state index is 13.4. The van der Waals surface area contributed by atoms with Gasteiger partial charge in [-0.1, -0.05) is 72.0 Å². The number of azo groups is 1. The predicted molar refractivity (Wildman–Crippen MR) is 133 cm³/mol. The zero-order valence-corrected chi connectivity index (χ0v) is 19.5. The summed E-state index contributed by atoms with van der Waals surface area (Å²) in [4.78, 5) is 23.7. The van der Waals surface area contributed by atoms with Crippen LogP contribution in [-0.2, 0) is 17.8 Å². The van der Waals surface area contributed by atoms with E-state index in [9.17, 15) is 4.79 Å². The Morgan fingerprint density at radius 2 is 1.74 bits per heavy atom. The van der Waals surface area contributed by atoms with Crippen LogP contribution in [0.15, 0.2) is 81.1 Å². The Balaban J connectivity index is 1.42. The second-order valence-corrected chi connectivity index (χ2v) is 9.49. The van der Waals surface area contributed by atoms with Gasteiger partial charge in [0.2, 0.25) is 10.3 Å². The van der Waals surface area contributed by atoms with Crippen molar-refractivity contribution in [2.75, 3.05) is 6.61 Å². The Labute approximate surface area is 202 Å². The van der Waals surface area contributed by atoms with Crippen molar-refractivity contribution in [1.29, 1.82) is 0 Å². The number of hydrogen-bond acceptors (Lipinski definition) is 8. The molecular weight excluding hydrogens is 468 g/mol. The number of nitrogens with one attached hydrogen (secondary N) is 1. The number of ether oxygens (including phenoxy) is 1. The number of benzene rings is 2. The molecule has 5 aromatic rings. The molecule has 0 fully saturated rings. The molecule has 4 heterocycles. The second kappa shape index (κ2) is 8.90. The summed E-state index contributed by atoms with van der Waals surface area (Å²) in [5.41, 5.74) is 4.10. The first-order valence-electron chi connectivity index (χ1n) is 10.7. The Hall–Kier alpha value is -3.73. The normalized spacial score (nSPS) is 13.4. The van der Waals surface area contributed by atoms with Crippen LogP contribution in [0.25, 0.3) is 27.6 Å². The lowest BCUT2D eigenvalue weighted by Crippen LogP contribution is -2.13. The third-order valence-electron chi connectivity index (χ3n) is 5.40. The molecular formula is C24H18N6O2S2. The van der Waals surface area contributed by atoms with E-state index < -0.39 is 0 Å². The van der Waals surface area contributed by atoms with E-state index in [-0.39, 0.29) is 11.2 Å². The zero-order valence-electron chi connectivity index (χ0n) is 17.8. The van der Waals surface area contributed by atoms with E-state index in [1.807, 2.05) is 66.0 Å². The van der Waals surface area contributed by atoms with Crippen LogP contribution >= 0.6 is 22.7 Å². The van der Waals surface area contributed by atoms with Gasteiger partial charge in [0.25, 0.3) is 0 Å². The summed E-state index contributed by atoms with van der Waals surface area (Å²) in [6.07, 6.45) is 0.765. The first-order valence-corrected chi connectivity index (χ1v) is 12.4. The van der Waals surface area contributed by atoms with Gasteiger partial charge in [0.15, 0.2) is 5.69 Å². The summed E-state index contributed by atoms with van der Waals surface area (Å²) in [5, 5.41) is 14.8. The molecule has 1 aliphatic heterocycles. The molecule has 0 aliphatic carbocycles. The molecule has 2 aromatic carbocycles. The average molecular weight is 487 g/mol. The van der Waals surface area contributed by atoms with Crippen molar-refractivity contribution in [3.05, 3.63) is 87.0 Å². The highest BCUT2D eigenvalue weighted by Crippen LogP contribution is 2.32. The van der Waals surface area contributed by atoms with Gasteiger partial charge in [-0.2, -0.15) is 4.68 Å². The highest BCUT2D eigenvalue weighted by molar-refractivity contribution is 7.15. The monoisotopic (exact) mass is 486 g/mol. The smallest absolute Gasteiger partial charge is 0.301 e. The van der Waals surface area contributed by atoms with Crippen molar-refractivity contribution in [1.82, 2.24) is 19.7 Å². The molecule has 3 aromatic heterocycles. The van der Waals surface area contributed by atoms with E-state index >= 15 is 0 Å². The van der Waals surface area contributed by atoms with Gasteiger partial charge >= 0.3 is 5.56 Å². The molecule has 6 rings (SSSR count). The highest BCUT2D eigenvalue weighted by Gasteiger charge is 2.20. The van der Waals surface area contributed by atoms with Crippen LogP contribution in [0.1, 0.15) is 10.6 Å². The molecule has 168 valence electrons. The van der Waals surface area contributed by atoms with Gasteiger partial charge < -0.3 is 4.74 Å². The Morgan fingerprint density at radius 1 is 0.971 bits per heavy atom. The number of aromatic nitrogens is 4. The van der Waals surface area contributed by atoms with Gasteiger partial charge in [0.05, 0.1) is 35.2 Å². The van der Waals surface area contributed by atoms with Crippen LogP contribution in [0.5, 0.6) is 0 Å². The topological polar surface area (TPSA) is 97.5 Å². The fraction of sp³-hybridized carbons (Fsp3) is 0.125. The zero-order chi connectivity index (χ0) is 22.9. The van der Waals surface area contributed by atoms with Gasteiger partial charge in [-0.25, -0.2) is 9.97 Å². The molecule has 0 bridgehead atoms. The van der Waals surface area contributed by atoms with E-state index in [1.165, 1.54) is 27.4 Å². The Kier molecular flexibility index (Phi) is 5.46. The van der Waals surface area contributed by atoms with Gasteiger partial charge in [0.1, 0.15) is 0 Å². The molecule has 0 saturated heterocycles. The van der Waals surface area contributed by atoms with Crippen molar-refractivity contribution in [2.45, 2.75) is 13.0 Å². The summed E-state index contributed by atoms with van der Waals surface area (Å²) < 4.78 is 6.91. The quantitative estimate of drug-likeness (QED) is 0.313. The van der Waals surface area contributed by atoms with Crippen LogP contribution < -0.4 is 5.56 Å². The van der Waals surface area contributed by atoms with Crippen molar-refractivity contribution < 1.29 is 4.74 Å². The molecule has 0 amide bonds. The average Bonchev–Trinajstić information content (AvgIpc) is 3.61. The molecule has 34 heavy (non-hydrogen) atoms. The first-order chi connectivity index (χ1) is 16.8. The summed E-state index contributed by atoms with van der Waals surface area (Å²) in [7, 11) is 0. The minimum atomic E-state index is -0.318. The molecule has 1 aliphatic rings. The molecule has 0 atom stereocenters. The van der Waals surface area contributed by atoms with Gasteiger partial charge in [-0.05, 0) is 0 Å². The maximum atomic E-state index is 13.4. The fourth-order valence-electron chi connectivity index (χ4n) is 3.72. The highest BCUT2D eigenvalue weighted by atomic mass is 32.1. The van der Waals surface area contributed by atoms with Crippen LogP contribution in [0, 0.1) is 0 Å². The minimum Gasteiger partial charge on any atom is -0.375 e. The standard InChI is InChI=1S/C24H18N6O2S2/c31-22-21(27-28-23-25-17-11-12-32-13-19(17)34-23)20(16-9-5-2-6-10-16)29-30(22)24-26-18(14-33-24)15-7-3-1-4-8-15/h1-10,14,29H,11-13H2. The number of hydrogen-bond donors (Lipinski definition) is 1. The lowest BCUT2D eigenvalue weighted by molar-refractivity contribution is 0.112. The maximum Gasteiger partial charge on any atom is 0.301 e. The number of fused-ring (bicyclic) bond motifs is 1. The van der Waals surface area contributed by atoms with E-state index in [0.29, 0.717) is 29.2 Å². The predicted octanol–water partition coefficient (Wildman–Crippen LogP) is 5.90. The summed E-state index contributed by atoms with van der Waals surface area (Å²) >= 11 is 2.83. The molecule has 0 unspecified atom stereocenters. The molecule has 10 heteroatoms. The molecule has 0 radical (unpaired) electrons. The van der Waals surface area contributed by atoms with Crippen molar-refractivity contribution >= 4 is 33.5 Å². The number of nitrogens with zero attached hydrogens (tertiary/aromatic N) is 5. The molecule has 1 N–H and O–H groups in total. The SMILES string of the molecule is O=c1c(N=Nc2nc3c(s2)COCC3)c(-c2ccccc2)[nH]n1-c1nc(-c2ccccc2)cs1. The van der Waals surface area contributed by atoms with Crippen LogP contribution in [0.3, 0.4) is 0 Å². The number of aromatic amines is 1. The second-order valence-electron chi connectivity index (χ2n) is 7.59. The van der Waals surface area contributed by atoms with E-state index in [4.69, 9.17) is 4.74 Å². The van der Waals surface area contributed by atoms with E-state index in [0.717, 1.165) is 33.8 Å². The van der Waals surface area contributed by atoms with Crippen LogP contribution in [0.4, 0.5) is 10.8 Å². The van der Waals surface area contributed by atoms with Crippen LogP contribution in [-0.4, -0.2) is 26.4 Å². The lowest BCUT2D eigenvalue weighted by atomic mass is 10.1. The third-order valence-corrected chi connectivity index (χ3v) is 7.18. The van der Waals surface area contributed by atoms with Crippen molar-refractivity contribution in [3.63, 3.8) is 0 Å². The minimum absolute atomic E-state index is 0.215. The van der Waals surface area contributed by atoms with E-state index in [1.54, 1.807) is 0 Å². The summed E-state index contributed by atoms with van der Waals surface area (Å²) in [6, 6.07) is 19.5. The fourth-order valence-corrected chi connectivity index (χ4v) is 5.37. The summed E-state index contributed by atoms with van der Waals surface area (Å²) in [6.45, 7) is 1.20. The van der Waals surface area contributed by atoms with Crippen molar-refractivity contribution in [3.8, 4) is 27.6 Å². The van der Waals surface area contributed by atoms with Crippen molar-refractivity contribution in [2.24, 2.45) is 10.2 Å². The Bertz CT molecular complexity index is 1510. The molecule has 0 spiro atoms. The van der Waals surface area contributed by atoms with Crippen LogP contribution in [0.2, 0.25) is 0 Å². The third kappa shape index (κ3) is 3.92. The largest absolute Gasteiger partial charge is 0.375 e. The van der Waals surface area contributed by atoms with Gasteiger partial charge in [0, 0.05) is 22.9 Å². The number of rotatable bonds is 5. The number of H-pyrrole nitrogens is 1. The van der Waals surface area contributed by atoms with Gasteiger partial charge in [-0.15, -0.1) is 21.6 Å². The summed E-state index contributed by atoms with van der Waals surface area (Å²) in [5.74, 6) is 0.